The number of imidazole rings is 1. The van der Waals surface area contributed by atoms with Crippen LogP contribution in [-0.4, -0.2) is 22.6 Å². The third-order valence-electron chi connectivity index (χ3n) is 4.54. The van der Waals surface area contributed by atoms with Crippen molar-refractivity contribution in [2.24, 2.45) is 0 Å². The van der Waals surface area contributed by atoms with Gasteiger partial charge >= 0.3 is 5.63 Å². The minimum atomic E-state index is -0.369. The first-order valence-electron chi connectivity index (χ1n) is 8.46. The van der Waals surface area contributed by atoms with Crippen molar-refractivity contribution >= 4 is 27.7 Å². The molecule has 0 saturated carbocycles. The molecule has 0 unspecified atom stereocenters. The van der Waals surface area contributed by atoms with E-state index in [1.807, 2.05) is 42.5 Å². The van der Waals surface area contributed by atoms with Gasteiger partial charge in [0.1, 0.15) is 17.6 Å². The minimum Gasteiger partial charge on any atom is -0.421 e. The van der Waals surface area contributed by atoms with E-state index in [0.29, 0.717) is 11.3 Å². The van der Waals surface area contributed by atoms with Crippen molar-refractivity contribution in [2.45, 2.75) is 13.8 Å². The van der Waals surface area contributed by atoms with E-state index >= 15 is 0 Å². The molecule has 0 spiro atoms. The maximum atomic E-state index is 12.5. The Kier molecular flexibility index (Phi) is 3.76. The maximum absolute atomic E-state index is 12.5. The zero-order chi connectivity index (χ0) is 17.4. The summed E-state index contributed by atoms with van der Waals surface area (Å²) >= 11 is 0. The van der Waals surface area contributed by atoms with E-state index in [4.69, 9.17) is 4.42 Å². The van der Waals surface area contributed by atoms with Crippen LogP contribution in [0.25, 0.3) is 27.7 Å². The van der Waals surface area contributed by atoms with Crippen molar-refractivity contribution in [2.75, 3.05) is 18.0 Å². The number of para-hydroxylation sites is 2. The van der Waals surface area contributed by atoms with Gasteiger partial charge in [0.15, 0.2) is 0 Å². The van der Waals surface area contributed by atoms with Gasteiger partial charge in [-0.25, -0.2) is 9.78 Å². The summed E-state index contributed by atoms with van der Waals surface area (Å²) in [7, 11) is 0. The summed E-state index contributed by atoms with van der Waals surface area (Å²) in [5, 5.41) is 0.900. The lowest BCUT2D eigenvalue weighted by atomic mass is 10.2. The first kappa shape index (κ1) is 15.4. The molecule has 0 atom stereocenters. The van der Waals surface area contributed by atoms with Crippen LogP contribution in [0.3, 0.4) is 0 Å². The van der Waals surface area contributed by atoms with Gasteiger partial charge in [0.25, 0.3) is 0 Å². The van der Waals surface area contributed by atoms with Gasteiger partial charge in [-0.15, -0.1) is 0 Å². The Balaban J connectivity index is 1.92. The topological polar surface area (TPSA) is 51.3 Å². The molecule has 2 aromatic heterocycles. The summed E-state index contributed by atoms with van der Waals surface area (Å²) in [4.78, 5) is 19.1. The van der Waals surface area contributed by atoms with Crippen LogP contribution in [0.2, 0.25) is 0 Å². The van der Waals surface area contributed by atoms with E-state index in [1.54, 1.807) is 10.9 Å². The van der Waals surface area contributed by atoms with Gasteiger partial charge in [-0.1, -0.05) is 12.1 Å². The van der Waals surface area contributed by atoms with Gasteiger partial charge in [0.05, 0.1) is 11.0 Å². The van der Waals surface area contributed by atoms with Gasteiger partial charge in [0, 0.05) is 24.2 Å². The molecule has 5 nitrogen and oxygen atoms in total. The summed E-state index contributed by atoms with van der Waals surface area (Å²) < 4.78 is 7.33. The Morgan fingerprint density at radius 1 is 1.08 bits per heavy atom. The molecule has 0 saturated heterocycles. The molecule has 5 heteroatoms. The smallest absolute Gasteiger partial charge is 0.360 e. The van der Waals surface area contributed by atoms with E-state index in [9.17, 15) is 4.79 Å². The van der Waals surface area contributed by atoms with Crippen LogP contribution in [-0.2, 0) is 0 Å². The normalized spacial score (nSPS) is 11.3. The first-order valence-corrected chi connectivity index (χ1v) is 8.46. The number of anilines is 1. The van der Waals surface area contributed by atoms with E-state index < -0.39 is 0 Å². The van der Waals surface area contributed by atoms with Crippen LogP contribution in [0.4, 0.5) is 5.69 Å². The van der Waals surface area contributed by atoms with E-state index in [1.165, 1.54) is 0 Å². The van der Waals surface area contributed by atoms with Crippen LogP contribution in [0, 0.1) is 0 Å². The van der Waals surface area contributed by atoms with Crippen LogP contribution >= 0.6 is 0 Å². The van der Waals surface area contributed by atoms with Gasteiger partial charge in [-0.3, -0.25) is 4.57 Å². The second kappa shape index (κ2) is 6.09. The molecule has 25 heavy (non-hydrogen) atoms. The maximum Gasteiger partial charge on any atom is 0.360 e. The average Bonchev–Trinajstić information content (AvgIpc) is 3.06. The average molecular weight is 333 g/mol. The number of nitrogens with zero attached hydrogens (tertiary/aromatic N) is 3. The molecule has 2 heterocycles. The molecule has 0 bridgehead atoms. The number of benzene rings is 2. The lowest BCUT2D eigenvalue weighted by Crippen LogP contribution is -2.21. The highest BCUT2D eigenvalue weighted by atomic mass is 16.4. The lowest BCUT2D eigenvalue weighted by molar-refractivity contribution is 0.556. The van der Waals surface area contributed by atoms with Crippen LogP contribution < -0.4 is 10.5 Å². The molecule has 0 aliphatic rings. The second-order valence-corrected chi connectivity index (χ2v) is 5.92. The molecular formula is C20H19N3O2. The van der Waals surface area contributed by atoms with Gasteiger partial charge in [0.2, 0.25) is 0 Å². The van der Waals surface area contributed by atoms with Crippen molar-refractivity contribution in [3.8, 4) is 5.69 Å². The fourth-order valence-corrected chi connectivity index (χ4v) is 3.20. The number of fused-ring (bicyclic) bond motifs is 2. The fraction of sp³-hybridized carbons (Fsp3) is 0.200. The van der Waals surface area contributed by atoms with Crippen molar-refractivity contribution in [1.29, 1.82) is 0 Å². The highest BCUT2D eigenvalue weighted by Crippen LogP contribution is 2.24. The molecule has 4 rings (SSSR count). The van der Waals surface area contributed by atoms with E-state index in [0.717, 1.165) is 35.2 Å². The number of hydrogen-bond acceptors (Lipinski definition) is 4. The Labute approximate surface area is 145 Å². The van der Waals surface area contributed by atoms with Crippen LogP contribution in [0.5, 0.6) is 0 Å². The van der Waals surface area contributed by atoms with Crippen molar-refractivity contribution in [3.05, 3.63) is 65.3 Å². The number of aromatic nitrogens is 2. The van der Waals surface area contributed by atoms with E-state index in [2.05, 4.69) is 29.8 Å². The summed E-state index contributed by atoms with van der Waals surface area (Å²) in [5.74, 6) is 0. The number of hydrogen-bond donors (Lipinski definition) is 0. The monoisotopic (exact) mass is 333 g/mol. The van der Waals surface area contributed by atoms with Gasteiger partial charge in [-0.05, 0) is 50.2 Å². The van der Waals surface area contributed by atoms with Crippen LogP contribution in [0.15, 0.2) is 64.1 Å². The fourth-order valence-electron chi connectivity index (χ4n) is 3.20. The Bertz CT molecular complexity index is 1110. The lowest BCUT2D eigenvalue weighted by Gasteiger charge is -2.21. The molecule has 0 N–H and O–H groups in total. The molecule has 4 aromatic rings. The quantitative estimate of drug-likeness (QED) is 0.530. The highest BCUT2D eigenvalue weighted by Gasteiger charge is 2.12. The molecule has 0 amide bonds. The van der Waals surface area contributed by atoms with E-state index in [-0.39, 0.29) is 5.63 Å². The second-order valence-electron chi connectivity index (χ2n) is 5.92. The highest BCUT2D eigenvalue weighted by molar-refractivity contribution is 5.84. The Morgan fingerprint density at radius 2 is 1.88 bits per heavy atom. The minimum absolute atomic E-state index is 0.369. The summed E-state index contributed by atoms with van der Waals surface area (Å²) in [6.07, 6.45) is 1.66. The molecule has 126 valence electrons. The zero-order valence-electron chi connectivity index (χ0n) is 14.3. The zero-order valence-corrected chi connectivity index (χ0v) is 14.3. The predicted octanol–water partition coefficient (Wildman–Crippen LogP) is 3.98. The number of rotatable bonds is 4. The van der Waals surface area contributed by atoms with Crippen LogP contribution in [0.1, 0.15) is 13.8 Å². The first-order chi connectivity index (χ1) is 12.2. The molecule has 2 aromatic carbocycles. The predicted molar refractivity (Wildman–Crippen MR) is 101 cm³/mol. The molecule has 0 aliphatic carbocycles. The van der Waals surface area contributed by atoms with Crippen molar-refractivity contribution in [1.82, 2.24) is 9.55 Å². The third kappa shape index (κ3) is 2.58. The summed E-state index contributed by atoms with van der Waals surface area (Å²) in [6, 6.07) is 15.5. The Hall–Kier alpha value is -3.08. The molecule has 0 radical (unpaired) electrons. The molecule has 0 fully saturated rings. The summed E-state index contributed by atoms with van der Waals surface area (Å²) in [6.45, 7) is 6.11. The molecular weight excluding hydrogens is 314 g/mol. The SMILES string of the molecule is CCN(CC)c1ccc2oc(=O)c(-n3cnc4ccccc43)cc2c1. The van der Waals surface area contributed by atoms with Gasteiger partial charge < -0.3 is 9.32 Å². The Morgan fingerprint density at radius 3 is 2.68 bits per heavy atom. The summed E-state index contributed by atoms with van der Waals surface area (Å²) in [5.41, 5.74) is 3.54. The standard InChI is InChI=1S/C20H19N3O2/c1-3-22(4-2)15-9-10-19-14(11-15)12-18(20(24)25-19)23-13-21-16-7-5-6-8-17(16)23/h5-13H,3-4H2,1-2H3. The van der Waals surface area contributed by atoms with Crippen molar-refractivity contribution < 1.29 is 4.42 Å². The molecule has 0 aliphatic heterocycles. The third-order valence-corrected chi connectivity index (χ3v) is 4.54. The largest absolute Gasteiger partial charge is 0.421 e. The van der Waals surface area contributed by atoms with Gasteiger partial charge in [-0.2, -0.15) is 0 Å². The van der Waals surface area contributed by atoms with Crippen molar-refractivity contribution in [3.63, 3.8) is 0 Å².